The predicted molar refractivity (Wildman–Crippen MR) is 375 cm³/mol. The lowest BCUT2D eigenvalue weighted by Gasteiger charge is -2.42. The van der Waals surface area contributed by atoms with E-state index in [2.05, 4.69) is 291 Å². The highest BCUT2D eigenvalue weighted by Crippen LogP contribution is 2.48. The maximum Gasteiger partial charge on any atom is 0.252 e. The quantitative estimate of drug-likeness (QED) is 0.0624. The van der Waals surface area contributed by atoms with Crippen LogP contribution < -0.4 is 37.0 Å². The molecule has 0 unspecified atom stereocenters. The summed E-state index contributed by atoms with van der Waals surface area (Å²) in [6.07, 6.45) is 7.50. The number of nitrogens with zero attached hydrogens (tertiary/aromatic N) is 3. The van der Waals surface area contributed by atoms with Gasteiger partial charge in [-0.1, -0.05) is 203 Å². The Morgan fingerprint density at radius 2 is 1.12 bits per heavy atom. The predicted octanol–water partition coefficient (Wildman–Crippen LogP) is 19.1. The molecule has 5 heterocycles. The Hall–Kier alpha value is -9.72. The van der Waals surface area contributed by atoms with Crippen LogP contribution in [0.15, 0.2) is 226 Å². The summed E-state index contributed by atoms with van der Waals surface area (Å²) < 4.78 is 9.00. The molecule has 2 aliphatic heterocycles. The fourth-order valence-corrected chi connectivity index (χ4v) is 14.3. The van der Waals surface area contributed by atoms with E-state index in [9.17, 15) is 0 Å². The number of anilines is 6. The smallest absolute Gasteiger partial charge is 0.252 e. The summed E-state index contributed by atoms with van der Waals surface area (Å²) in [5.41, 5.74) is 21.9. The number of benzene rings is 10. The third-order valence-corrected chi connectivity index (χ3v) is 18.7. The van der Waals surface area contributed by atoms with Crippen molar-refractivity contribution in [2.45, 2.75) is 98.8 Å². The van der Waals surface area contributed by atoms with Crippen LogP contribution in [0.5, 0.6) is 0 Å². The van der Waals surface area contributed by atoms with E-state index in [1.165, 1.54) is 5.57 Å². The van der Waals surface area contributed by atoms with Gasteiger partial charge in [-0.25, -0.2) is 0 Å². The molecule has 0 N–H and O–H groups in total. The van der Waals surface area contributed by atoms with Gasteiger partial charge in [-0.2, -0.15) is 0 Å². The largest absolute Gasteiger partial charge is 0.455 e. The molecule has 15 rings (SSSR count). The fourth-order valence-electron chi connectivity index (χ4n) is 14.3. The van der Waals surface area contributed by atoms with Crippen molar-refractivity contribution in [1.82, 2.24) is 4.40 Å². The molecule has 0 atom stereocenters. The van der Waals surface area contributed by atoms with Gasteiger partial charge in [0, 0.05) is 66.6 Å². The molecular formula is C81H70BN3O3. The first kappa shape index (κ1) is 54.9. The van der Waals surface area contributed by atoms with Crippen LogP contribution >= 0.6 is 0 Å². The van der Waals surface area contributed by atoms with Crippen molar-refractivity contribution in [2.75, 3.05) is 9.80 Å². The number of hydrogen-bond donors (Lipinski definition) is 0. The maximum atomic E-state index is 16.2. The number of aromatic nitrogens is 1. The Morgan fingerprint density at radius 1 is 0.523 bits per heavy atom. The summed E-state index contributed by atoms with van der Waals surface area (Å²) in [7, 11) is 0. The number of pyridine rings is 2. The minimum absolute atomic E-state index is 0.0362. The monoisotopic (exact) mass is 1140 g/mol. The van der Waals surface area contributed by atoms with Gasteiger partial charge in [0.05, 0.1) is 21.9 Å². The average molecular weight is 1140 g/mol. The molecular weight excluding hydrogens is 1070 g/mol. The van der Waals surface area contributed by atoms with Crippen LogP contribution in [0.4, 0.5) is 34.1 Å². The van der Waals surface area contributed by atoms with E-state index >= 15 is 9.59 Å². The molecule has 0 fully saturated rings. The summed E-state index contributed by atoms with van der Waals surface area (Å²) in [5, 5.41) is 4.73. The van der Waals surface area contributed by atoms with Crippen molar-refractivity contribution in [3.8, 4) is 22.3 Å². The van der Waals surface area contributed by atoms with Gasteiger partial charge in [0.25, 0.3) is 6.71 Å². The zero-order valence-corrected chi connectivity index (χ0v) is 52.1. The third-order valence-electron chi connectivity index (χ3n) is 18.7. The van der Waals surface area contributed by atoms with E-state index in [0.29, 0.717) is 27.1 Å². The molecule has 0 radical (unpaired) electrons. The lowest BCUT2D eigenvalue weighted by atomic mass is 9.33. The second-order valence-corrected chi connectivity index (χ2v) is 27.4. The molecule has 13 aromatic rings. The minimum atomic E-state index is -0.490. The van der Waals surface area contributed by atoms with Crippen molar-refractivity contribution in [3.63, 3.8) is 0 Å². The minimum Gasteiger partial charge on any atom is -0.455 e. The van der Waals surface area contributed by atoms with Crippen LogP contribution in [0.2, 0.25) is 0 Å². The normalized spacial score (nSPS) is 13.5. The third kappa shape index (κ3) is 8.44. The zero-order chi connectivity index (χ0) is 60.9. The Morgan fingerprint density at radius 3 is 1.80 bits per heavy atom. The van der Waals surface area contributed by atoms with Gasteiger partial charge in [0.15, 0.2) is 10.9 Å². The van der Waals surface area contributed by atoms with Gasteiger partial charge >= 0.3 is 0 Å². The van der Waals surface area contributed by atoms with E-state index in [1.807, 2.05) is 12.1 Å². The molecule has 88 heavy (non-hydrogen) atoms. The Bertz CT molecular complexity index is 5220. The molecule has 0 aliphatic carbocycles. The van der Waals surface area contributed by atoms with Crippen LogP contribution in [-0.4, -0.2) is 11.1 Å². The first-order valence-electron chi connectivity index (χ1n) is 31.1. The van der Waals surface area contributed by atoms with Gasteiger partial charge in [-0.05, 0) is 169 Å². The first-order chi connectivity index (χ1) is 42.3. The molecule has 6 nitrogen and oxygen atoms in total. The van der Waals surface area contributed by atoms with Crippen LogP contribution in [0.3, 0.4) is 0 Å². The lowest BCUT2D eigenvalue weighted by Crippen LogP contribution is -2.60. The average Bonchev–Trinajstić information content (AvgIpc) is 0.724. The fraction of sp³-hybridized carbons (Fsp3) is 0.185. The molecule has 0 spiro atoms. The summed E-state index contributed by atoms with van der Waals surface area (Å²) in [5.74, 6) is 0. The van der Waals surface area contributed by atoms with E-state index < -0.39 is 5.41 Å². The Kier molecular flexibility index (Phi) is 12.4. The van der Waals surface area contributed by atoms with Crippen LogP contribution in [0, 0.1) is 0 Å². The highest BCUT2D eigenvalue weighted by Gasteiger charge is 2.44. The van der Waals surface area contributed by atoms with E-state index in [4.69, 9.17) is 4.42 Å². The van der Waals surface area contributed by atoms with E-state index in [0.717, 1.165) is 134 Å². The molecule has 3 aromatic heterocycles. The second-order valence-electron chi connectivity index (χ2n) is 27.4. The highest BCUT2D eigenvalue weighted by atomic mass is 16.3. The number of hydrogen-bond acceptors (Lipinski definition) is 5. The molecule has 0 saturated carbocycles. The van der Waals surface area contributed by atoms with Crippen molar-refractivity contribution in [3.05, 3.63) is 255 Å². The van der Waals surface area contributed by atoms with Crippen molar-refractivity contribution in [2.24, 2.45) is 0 Å². The highest BCUT2D eigenvalue weighted by molar-refractivity contribution is 7.01. The topological polar surface area (TPSA) is 58.2 Å². The SMILES string of the molecule is C/C=C\C(=C/CC)c1ccc(N(c2ccc(-c3ccccc3)cc2)c2ccc3c(c2)N(c2ccc(-c4cccc5c4oc4ccccc45)cc2)c2cc(C(C)(C)C)c4c(=O)c5cc(C(C)(C)C)cc6c(=O)c7cc(C(C)(C)C)cc8c7n(c4c2B38)c65)cc1. The Balaban J connectivity index is 1.04. The first-order valence-corrected chi connectivity index (χ1v) is 31.1. The van der Waals surface area contributed by atoms with Gasteiger partial charge in [0.1, 0.15) is 11.2 Å². The maximum absolute atomic E-state index is 16.2. The Labute approximate surface area is 514 Å². The summed E-state index contributed by atoms with van der Waals surface area (Å²) in [6, 6.07) is 70.1. The van der Waals surface area contributed by atoms with Gasteiger partial charge in [-0.3, -0.25) is 9.59 Å². The zero-order valence-electron chi connectivity index (χ0n) is 52.1. The molecule has 10 aromatic carbocycles. The van der Waals surface area contributed by atoms with Crippen LogP contribution in [0.25, 0.3) is 87.9 Å². The lowest BCUT2D eigenvalue weighted by molar-refractivity contribution is 0.591. The summed E-state index contributed by atoms with van der Waals surface area (Å²) in [6.45, 7) is 23.8. The van der Waals surface area contributed by atoms with Crippen LogP contribution in [0.1, 0.15) is 105 Å². The number of fused-ring (bicyclic) bond motifs is 6. The standard InChI is InChI=1S/C81H70BN3O3/c1-12-20-48(21-13-2)50-28-34-55(35-29-50)83(56-36-30-51(31-37-56)49-22-15-14-16-23-49)58-40-41-66-68(46-58)84(57-38-32-52(33-39-57)59-25-19-26-61-60-24-17-18-27-70(60)88-78(59)61)69-47-65(81(9,10)11)71-75-72(69)82(66)67-45-54(80(6,7)8)44-64-74(67)85(75)73-62(76(64)86)42-53(79(3,4)5)43-63(73)77(71)87/h12,14-47H,13H2,1-11H3/b20-12-,48-21+. The van der Waals surface area contributed by atoms with Crippen molar-refractivity contribution < 1.29 is 4.42 Å². The number of rotatable bonds is 9. The van der Waals surface area contributed by atoms with Crippen LogP contribution in [-0.2, 0) is 16.2 Å². The number of furan rings is 1. The van der Waals surface area contributed by atoms with Gasteiger partial charge < -0.3 is 18.6 Å². The van der Waals surface area contributed by atoms with E-state index in [1.54, 1.807) is 0 Å². The van der Waals surface area contributed by atoms with Gasteiger partial charge in [-0.15, -0.1) is 0 Å². The summed E-state index contributed by atoms with van der Waals surface area (Å²) in [4.78, 5) is 36.8. The van der Waals surface area contributed by atoms with Gasteiger partial charge in [0.2, 0.25) is 0 Å². The molecule has 0 amide bonds. The van der Waals surface area contributed by atoms with Crippen molar-refractivity contribution in [1.29, 1.82) is 0 Å². The number of allylic oxidation sites excluding steroid dienone is 4. The van der Waals surface area contributed by atoms with Crippen molar-refractivity contribution >= 4 is 123 Å². The molecule has 430 valence electrons. The summed E-state index contributed by atoms with van der Waals surface area (Å²) >= 11 is 0. The number of para-hydroxylation sites is 2. The molecule has 0 bridgehead atoms. The van der Waals surface area contributed by atoms with E-state index in [-0.39, 0.29) is 28.4 Å². The second kappa shape index (κ2) is 19.9. The molecule has 2 aliphatic rings. The molecule has 7 heteroatoms. The molecule has 0 saturated heterocycles.